The van der Waals surface area contributed by atoms with E-state index in [2.05, 4.69) is 4.98 Å². The minimum atomic E-state index is -0.515. The van der Waals surface area contributed by atoms with Gasteiger partial charge in [-0.2, -0.15) is 0 Å². The molecule has 128 valence electrons. The third-order valence-corrected chi connectivity index (χ3v) is 4.18. The monoisotopic (exact) mass is 358 g/mol. The molecule has 2 aromatic carbocycles. The van der Waals surface area contributed by atoms with Gasteiger partial charge in [-0.25, -0.2) is 14.2 Å². The van der Waals surface area contributed by atoms with E-state index in [1.807, 2.05) is 5.38 Å². The maximum absolute atomic E-state index is 13.0. The lowest BCUT2D eigenvalue weighted by atomic mass is 10.1. The molecule has 0 fully saturated rings. The van der Waals surface area contributed by atoms with E-state index in [0.717, 1.165) is 11.1 Å². The van der Waals surface area contributed by atoms with E-state index in [-0.39, 0.29) is 18.0 Å². The van der Waals surface area contributed by atoms with Gasteiger partial charge in [-0.15, -0.1) is 11.3 Å². The van der Waals surface area contributed by atoms with Crippen LogP contribution in [0.15, 0.2) is 47.8 Å². The number of halogens is 1. The smallest absolute Gasteiger partial charge is 0.341 e. The molecule has 0 aliphatic carbocycles. The minimum absolute atomic E-state index is 0.202. The van der Waals surface area contributed by atoms with Gasteiger partial charge in [0.2, 0.25) is 0 Å². The fourth-order valence-electron chi connectivity index (χ4n) is 2.25. The average molecular weight is 358 g/mol. The molecule has 0 aliphatic heterocycles. The predicted octanol–water partition coefficient (Wildman–Crippen LogP) is 3.90. The SMILES string of the molecule is COC(=O)c1cc(-c2csc(N)n2)ccc1OCc1ccc(F)cc1. The number of carbonyl (C=O) groups is 1. The Labute approximate surface area is 147 Å². The van der Waals surface area contributed by atoms with Crippen molar-refractivity contribution in [3.05, 3.63) is 64.8 Å². The maximum atomic E-state index is 13.0. The Hall–Kier alpha value is -2.93. The van der Waals surface area contributed by atoms with Crippen LogP contribution in [-0.4, -0.2) is 18.1 Å². The molecular weight excluding hydrogens is 343 g/mol. The van der Waals surface area contributed by atoms with Gasteiger partial charge in [-0.1, -0.05) is 12.1 Å². The Morgan fingerprint density at radius 3 is 2.64 bits per heavy atom. The number of thiazole rings is 1. The summed E-state index contributed by atoms with van der Waals surface area (Å²) in [6.07, 6.45) is 0. The van der Waals surface area contributed by atoms with Gasteiger partial charge in [0.15, 0.2) is 5.13 Å². The summed E-state index contributed by atoms with van der Waals surface area (Å²) in [6, 6.07) is 11.1. The summed E-state index contributed by atoms with van der Waals surface area (Å²) in [5.41, 5.74) is 8.15. The molecule has 2 N–H and O–H groups in total. The highest BCUT2D eigenvalue weighted by Gasteiger charge is 2.16. The second kappa shape index (κ2) is 7.31. The van der Waals surface area contributed by atoms with Gasteiger partial charge < -0.3 is 15.2 Å². The number of nitrogen functional groups attached to an aromatic ring is 1. The Balaban J connectivity index is 1.87. The maximum Gasteiger partial charge on any atom is 0.341 e. The number of aromatic nitrogens is 1. The Morgan fingerprint density at radius 2 is 2.00 bits per heavy atom. The van der Waals surface area contributed by atoms with Crippen molar-refractivity contribution in [3.63, 3.8) is 0 Å². The van der Waals surface area contributed by atoms with Gasteiger partial charge in [0, 0.05) is 10.9 Å². The first kappa shape index (κ1) is 16.9. The van der Waals surface area contributed by atoms with Crippen molar-refractivity contribution in [3.8, 4) is 17.0 Å². The molecule has 3 aromatic rings. The number of carbonyl (C=O) groups excluding carboxylic acids is 1. The number of nitrogens with two attached hydrogens (primary N) is 1. The van der Waals surface area contributed by atoms with Crippen LogP contribution < -0.4 is 10.5 Å². The molecule has 1 heterocycles. The molecule has 0 atom stereocenters. The summed E-state index contributed by atoms with van der Waals surface area (Å²) in [5, 5.41) is 2.26. The molecule has 0 bridgehead atoms. The normalized spacial score (nSPS) is 10.5. The zero-order valence-electron chi connectivity index (χ0n) is 13.4. The van der Waals surface area contributed by atoms with Gasteiger partial charge in [0.1, 0.15) is 23.7 Å². The number of rotatable bonds is 5. The first-order chi connectivity index (χ1) is 12.1. The highest BCUT2D eigenvalue weighted by Crippen LogP contribution is 2.29. The third kappa shape index (κ3) is 3.95. The first-order valence-electron chi connectivity index (χ1n) is 7.38. The van der Waals surface area contributed by atoms with Gasteiger partial charge in [0.25, 0.3) is 0 Å². The standard InChI is InChI=1S/C18H15FN2O3S/c1-23-17(22)14-8-12(15-10-25-18(20)21-15)4-7-16(14)24-9-11-2-5-13(19)6-3-11/h2-8,10H,9H2,1H3,(H2,20,21). The molecular formula is C18H15FN2O3S. The van der Waals surface area contributed by atoms with Gasteiger partial charge in [-0.05, 0) is 35.9 Å². The van der Waals surface area contributed by atoms with E-state index in [1.165, 1.54) is 30.6 Å². The van der Waals surface area contributed by atoms with Crippen LogP contribution in [0.3, 0.4) is 0 Å². The van der Waals surface area contributed by atoms with Crippen LogP contribution >= 0.6 is 11.3 Å². The van der Waals surface area contributed by atoms with E-state index in [4.69, 9.17) is 15.2 Å². The lowest BCUT2D eigenvalue weighted by molar-refractivity contribution is 0.0595. The number of benzene rings is 2. The van der Waals surface area contributed by atoms with Gasteiger partial charge in [0.05, 0.1) is 12.8 Å². The van der Waals surface area contributed by atoms with E-state index < -0.39 is 5.97 Å². The summed E-state index contributed by atoms with van der Waals surface area (Å²) >= 11 is 1.32. The molecule has 1 aromatic heterocycles. The van der Waals surface area contributed by atoms with Crippen molar-refractivity contribution < 1.29 is 18.7 Å². The Morgan fingerprint density at radius 1 is 1.24 bits per heavy atom. The number of esters is 1. The number of anilines is 1. The van der Waals surface area contributed by atoms with Crippen LogP contribution in [0.4, 0.5) is 9.52 Å². The average Bonchev–Trinajstić information content (AvgIpc) is 3.07. The molecule has 3 rings (SSSR count). The van der Waals surface area contributed by atoms with Crippen molar-refractivity contribution in [1.82, 2.24) is 4.98 Å². The topological polar surface area (TPSA) is 74.4 Å². The lowest BCUT2D eigenvalue weighted by Crippen LogP contribution is -2.06. The van der Waals surface area contributed by atoms with Crippen molar-refractivity contribution in [2.45, 2.75) is 6.61 Å². The molecule has 0 saturated heterocycles. The number of hydrogen-bond donors (Lipinski definition) is 1. The van der Waals surface area contributed by atoms with Crippen molar-refractivity contribution in [2.75, 3.05) is 12.8 Å². The van der Waals surface area contributed by atoms with Crippen molar-refractivity contribution in [1.29, 1.82) is 0 Å². The highest BCUT2D eigenvalue weighted by atomic mass is 32.1. The number of methoxy groups -OCH3 is 1. The van der Waals surface area contributed by atoms with Gasteiger partial charge in [-0.3, -0.25) is 0 Å². The van der Waals surface area contributed by atoms with Crippen LogP contribution in [0.1, 0.15) is 15.9 Å². The quantitative estimate of drug-likeness (QED) is 0.700. The van der Waals surface area contributed by atoms with Crippen LogP contribution in [0.5, 0.6) is 5.75 Å². The Kier molecular flexibility index (Phi) is 4.95. The summed E-state index contributed by atoms with van der Waals surface area (Å²) < 4.78 is 23.5. The molecule has 0 saturated carbocycles. The molecule has 0 spiro atoms. The van der Waals surface area contributed by atoms with E-state index in [1.54, 1.807) is 30.3 Å². The van der Waals surface area contributed by atoms with Gasteiger partial charge >= 0.3 is 5.97 Å². The largest absolute Gasteiger partial charge is 0.488 e. The second-order valence-electron chi connectivity index (χ2n) is 5.19. The van der Waals surface area contributed by atoms with E-state index >= 15 is 0 Å². The summed E-state index contributed by atoms with van der Waals surface area (Å²) in [6.45, 7) is 0.202. The Bertz CT molecular complexity index is 894. The predicted molar refractivity (Wildman–Crippen MR) is 94.0 cm³/mol. The van der Waals surface area contributed by atoms with Crippen LogP contribution in [0.2, 0.25) is 0 Å². The van der Waals surface area contributed by atoms with Crippen LogP contribution in [0.25, 0.3) is 11.3 Å². The second-order valence-corrected chi connectivity index (χ2v) is 6.08. The minimum Gasteiger partial charge on any atom is -0.488 e. The summed E-state index contributed by atoms with van der Waals surface area (Å²) in [4.78, 5) is 16.3. The number of ether oxygens (including phenoxy) is 2. The third-order valence-electron chi connectivity index (χ3n) is 3.51. The highest BCUT2D eigenvalue weighted by molar-refractivity contribution is 7.13. The van der Waals surface area contributed by atoms with E-state index in [0.29, 0.717) is 16.6 Å². The molecule has 7 heteroatoms. The summed E-state index contributed by atoms with van der Waals surface area (Å²) in [5.74, 6) is -0.451. The molecule has 0 aliphatic rings. The molecule has 5 nitrogen and oxygen atoms in total. The molecule has 0 unspecified atom stereocenters. The first-order valence-corrected chi connectivity index (χ1v) is 8.26. The fourth-order valence-corrected chi connectivity index (χ4v) is 2.82. The molecule has 25 heavy (non-hydrogen) atoms. The fraction of sp³-hybridized carbons (Fsp3) is 0.111. The molecule has 0 amide bonds. The van der Waals surface area contributed by atoms with Crippen molar-refractivity contribution in [2.24, 2.45) is 0 Å². The summed E-state index contributed by atoms with van der Waals surface area (Å²) in [7, 11) is 1.31. The zero-order valence-corrected chi connectivity index (χ0v) is 14.2. The van der Waals surface area contributed by atoms with Crippen molar-refractivity contribution >= 4 is 22.4 Å². The number of hydrogen-bond acceptors (Lipinski definition) is 6. The lowest BCUT2D eigenvalue weighted by Gasteiger charge is -2.11. The number of nitrogens with zero attached hydrogens (tertiary/aromatic N) is 1. The van der Waals surface area contributed by atoms with Crippen LogP contribution in [-0.2, 0) is 11.3 Å². The zero-order chi connectivity index (χ0) is 17.8. The van der Waals surface area contributed by atoms with Crippen LogP contribution in [0, 0.1) is 5.82 Å². The van der Waals surface area contributed by atoms with E-state index in [9.17, 15) is 9.18 Å². The molecule has 0 radical (unpaired) electrons.